The van der Waals surface area contributed by atoms with Gasteiger partial charge in [-0.05, 0) is 18.6 Å². The number of aliphatic imine (C=N–C) groups is 1. The van der Waals surface area contributed by atoms with Crippen molar-refractivity contribution in [3.05, 3.63) is 65.2 Å². The van der Waals surface area contributed by atoms with Crippen molar-refractivity contribution in [2.24, 2.45) is 16.1 Å². The van der Waals surface area contributed by atoms with Crippen molar-refractivity contribution in [3.8, 4) is 0 Å². The Morgan fingerprint density at radius 3 is 2.74 bits per heavy atom. The summed E-state index contributed by atoms with van der Waals surface area (Å²) < 4.78 is 47.7. The van der Waals surface area contributed by atoms with Gasteiger partial charge in [-0.2, -0.15) is 0 Å². The Morgan fingerprint density at radius 2 is 2.00 bits per heavy atom. The number of halogens is 3. The predicted octanol–water partition coefficient (Wildman–Crippen LogP) is 3.92. The molecule has 0 unspecified atom stereocenters. The van der Waals surface area contributed by atoms with Crippen molar-refractivity contribution < 1.29 is 17.9 Å². The van der Waals surface area contributed by atoms with E-state index in [0.29, 0.717) is 22.9 Å². The van der Waals surface area contributed by atoms with E-state index in [0.717, 1.165) is 12.3 Å². The summed E-state index contributed by atoms with van der Waals surface area (Å²) >= 11 is 1.39. The van der Waals surface area contributed by atoms with E-state index in [4.69, 9.17) is 10.5 Å². The van der Waals surface area contributed by atoms with Gasteiger partial charge < -0.3 is 10.5 Å². The van der Waals surface area contributed by atoms with Gasteiger partial charge in [0.05, 0.1) is 18.9 Å². The lowest BCUT2D eigenvalue weighted by Crippen LogP contribution is -2.55. The maximum atomic E-state index is 14.7. The summed E-state index contributed by atoms with van der Waals surface area (Å²) in [6, 6.07) is 4.85. The minimum Gasteiger partial charge on any atom is -0.379 e. The van der Waals surface area contributed by atoms with Gasteiger partial charge >= 0.3 is 0 Å². The highest BCUT2D eigenvalue weighted by Crippen LogP contribution is 2.57. The highest BCUT2D eigenvalue weighted by molar-refractivity contribution is 8.13. The first kappa shape index (κ1) is 18.3. The number of benzene rings is 1. The molecule has 4 rings (SSSR count). The number of fused-ring (bicyclic) bond motifs is 1. The molecule has 0 radical (unpaired) electrons. The van der Waals surface area contributed by atoms with Gasteiger partial charge in [-0.1, -0.05) is 24.8 Å². The zero-order chi connectivity index (χ0) is 19.2. The van der Waals surface area contributed by atoms with E-state index in [-0.39, 0.29) is 12.2 Å². The molecule has 27 heavy (non-hydrogen) atoms. The van der Waals surface area contributed by atoms with Crippen molar-refractivity contribution >= 4 is 16.9 Å². The largest absolute Gasteiger partial charge is 0.379 e. The van der Waals surface area contributed by atoms with Crippen LogP contribution >= 0.6 is 11.8 Å². The number of amidine groups is 1. The van der Waals surface area contributed by atoms with Crippen LogP contribution in [0.2, 0.25) is 0 Å². The molecular weight excluding hydrogens is 375 g/mol. The first-order chi connectivity index (χ1) is 12.8. The Labute approximate surface area is 159 Å². The maximum absolute atomic E-state index is 14.7. The molecule has 0 aliphatic carbocycles. The third-order valence-corrected chi connectivity index (χ3v) is 6.61. The molecule has 1 saturated heterocycles. The molecule has 0 bridgehead atoms. The quantitative estimate of drug-likeness (QED) is 0.840. The number of hydrogen-bond donors (Lipinski definition) is 1. The van der Waals surface area contributed by atoms with Crippen LogP contribution in [-0.2, 0) is 10.3 Å². The molecule has 4 nitrogen and oxygen atoms in total. The Balaban J connectivity index is 1.79. The van der Waals surface area contributed by atoms with Crippen molar-refractivity contribution in [1.82, 2.24) is 4.98 Å². The monoisotopic (exact) mass is 393 g/mol. The highest BCUT2D eigenvalue weighted by Gasteiger charge is 2.57. The lowest BCUT2D eigenvalue weighted by molar-refractivity contribution is -0.0974. The number of rotatable bonds is 2. The molecular formula is C19H18F3N3OS. The van der Waals surface area contributed by atoms with Crippen LogP contribution in [0.25, 0.3) is 0 Å². The summed E-state index contributed by atoms with van der Waals surface area (Å²) in [5.74, 6) is -1.19. The van der Waals surface area contributed by atoms with Crippen LogP contribution in [0, 0.1) is 22.9 Å². The molecule has 1 aromatic heterocycles. The molecule has 0 saturated carbocycles. The van der Waals surface area contributed by atoms with E-state index in [1.807, 2.05) is 6.92 Å². The summed E-state index contributed by atoms with van der Waals surface area (Å²) in [6.45, 7) is 2.04. The first-order valence-electron chi connectivity index (χ1n) is 8.49. The number of hydrogen-bond acceptors (Lipinski definition) is 5. The summed E-state index contributed by atoms with van der Waals surface area (Å²) in [5.41, 5.74) is 5.24. The number of nitrogens with zero attached hydrogens (tertiary/aromatic N) is 2. The van der Waals surface area contributed by atoms with Gasteiger partial charge in [0.15, 0.2) is 5.17 Å². The van der Waals surface area contributed by atoms with Gasteiger partial charge in [0.2, 0.25) is 0 Å². The van der Waals surface area contributed by atoms with Crippen LogP contribution in [-0.4, -0.2) is 22.5 Å². The summed E-state index contributed by atoms with van der Waals surface area (Å²) in [5, 5.41) is 0.339. The lowest BCUT2D eigenvalue weighted by Gasteiger charge is -2.53. The van der Waals surface area contributed by atoms with E-state index >= 15 is 0 Å². The molecule has 8 heteroatoms. The van der Waals surface area contributed by atoms with Gasteiger partial charge in [0.1, 0.15) is 23.0 Å². The number of nitrogens with two attached hydrogens (primary N) is 1. The fraction of sp³-hybridized carbons (Fsp3) is 0.368. The molecule has 1 aromatic carbocycles. The molecule has 3 heterocycles. The Hall–Kier alpha value is -2.06. The number of ether oxygens (including phenoxy) is 1. The van der Waals surface area contributed by atoms with Crippen LogP contribution in [0.3, 0.4) is 0 Å². The Kier molecular flexibility index (Phi) is 4.43. The zero-order valence-electron chi connectivity index (χ0n) is 14.6. The van der Waals surface area contributed by atoms with Crippen LogP contribution < -0.4 is 5.73 Å². The van der Waals surface area contributed by atoms with Crippen LogP contribution in [0.1, 0.15) is 30.6 Å². The fourth-order valence-corrected chi connectivity index (χ4v) is 4.98. The first-order valence-corrected chi connectivity index (χ1v) is 9.47. The van der Waals surface area contributed by atoms with E-state index in [2.05, 4.69) is 9.98 Å². The standard InChI is InChI=1S/C19H18F3N3OS/c1-18-6-16(11-4-13(21)8-24-7-11)26-9-19(18,25-17(23)27-10-18)14-3-2-12(20)5-15(14)22/h2-5,7-8,16H,6,9-10H2,1H3,(H2,23,25)/t16-,18+,19-/m1/s1. The number of aromatic nitrogens is 1. The van der Waals surface area contributed by atoms with Crippen molar-refractivity contribution in [3.63, 3.8) is 0 Å². The Bertz CT molecular complexity index is 925. The average molecular weight is 393 g/mol. The smallest absolute Gasteiger partial charge is 0.154 e. The van der Waals surface area contributed by atoms with Gasteiger partial charge in [0.25, 0.3) is 0 Å². The molecule has 1 fully saturated rings. The van der Waals surface area contributed by atoms with Crippen molar-refractivity contribution in [1.29, 1.82) is 0 Å². The van der Waals surface area contributed by atoms with Crippen LogP contribution in [0.15, 0.2) is 41.7 Å². The zero-order valence-corrected chi connectivity index (χ0v) is 15.4. The van der Waals surface area contributed by atoms with E-state index in [1.165, 1.54) is 30.0 Å². The van der Waals surface area contributed by atoms with E-state index < -0.39 is 34.5 Å². The third-order valence-electron chi connectivity index (χ3n) is 5.44. The van der Waals surface area contributed by atoms with Crippen molar-refractivity contribution in [2.75, 3.05) is 12.4 Å². The predicted molar refractivity (Wildman–Crippen MR) is 97.7 cm³/mol. The number of thioether (sulfide) groups is 1. The maximum Gasteiger partial charge on any atom is 0.154 e. The molecule has 0 amide bonds. The third kappa shape index (κ3) is 3.00. The highest BCUT2D eigenvalue weighted by atomic mass is 32.2. The second kappa shape index (κ2) is 6.53. The van der Waals surface area contributed by atoms with Gasteiger partial charge in [0, 0.05) is 34.6 Å². The van der Waals surface area contributed by atoms with Gasteiger partial charge in [-0.15, -0.1) is 0 Å². The molecule has 3 atom stereocenters. The summed E-state index contributed by atoms with van der Waals surface area (Å²) in [6.07, 6.45) is 2.77. The number of pyridine rings is 1. The van der Waals surface area contributed by atoms with Gasteiger partial charge in [-0.3, -0.25) is 4.98 Å². The second-order valence-electron chi connectivity index (χ2n) is 7.22. The van der Waals surface area contributed by atoms with E-state index in [1.54, 1.807) is 6.20 Å². The second-order valence-corrected chi connectivity index (χ2v) is 8.22. The minimum atomic E-state index is -1.07. The molecule has 142 valence electrons. The van der Waals surface area contributed by atoms with Crippen LogP contribution in [0.4, 0.5) is 13.2 Å². The molecule has 2 N–H and O–H groups in total. The van der Waals surface area contributed by atoms with Crippen LogP contribution in [0.5, 0.6) is 0 Å². The normalized spacial score (nSPS) is 30.5. The van der Waals surface area contributed by atoms with Gasteiger partial charge in [-0.25, -0.2) is 18.2 Å². The summed E-state index contributed by atoms with van der Waals surface area (Å²) in [7, 11) is 0. The average Bonchev–Trinajstić information content (AvgIpc) is 2.62. The SMILES string of the molecule is C[C@]12CSC(N)=N[C@@]1(c1ccc(F)cc1F)CO[C@@H](c1cncc(F)c1)C2. The fourth-order valence-electron chi connectivity index (χ4n) is 3.94. The summed E-state index contributed by atoms with van der Waals surface area (Å²) in [4.78, 5) is 8.48. The topological polar surface area (TPSA) is 60.5 Å². The molecule has 2 aliphatic heterocycles. The van der Waals surface area contributed by atoms with Crippen molar-refractivity contribution in [2.45, 2.75) is 25.0 Å². The molecule has 2 aliphatic rings. The lowest BCUT2D eigenvalue weighted by atomic mass is 9.63. The van der Waals surface area contributed by atoms with E-state index in [9.17, 15) is 13.2 Å². The molecule has 0 spiro atoms. The molecule has 2 aromatic rings. The minimum absolute atomic E-state index is 0.0501. The Morgan fingerprint density at radius 1 is 1.19 bits per heavy atom.